The van der Waals surface area contributed by atoms with Gasteiger partial charge in [0.05, 0.1) is 18.9 Å². The molecule has 0 unspecified atom stereocenters. The van der Waals surface area contributed by atoms with Gasteiger partial charge in [0.2, 0.25) is 5.91 Å². The molecule has 2 aliphatic heterocycles. The van der Waals surface area contributed by atoms with Crippen LogP contribution in [0.1, 0.15) is 25.0 Å². The van der Waals surface area contributed by atoms with Crippen LogP contribution in [0, 0.1) is 23.7 Å². The Bertz CT molecular complexity index is 561. The number of carbonyl (C=O) groups excluding carboxylic acids is 1. The Morgan fingerprint density at radius 2 is 2.21 bits per heavy atom. The van der Waals surface area contributed by atoms with Crippen LogP contribution in [0.4, 0.5) is 0 Å². The minimum Gasteiger partial charge on any atom is -0.381 e. The van der Waals surface area contributed by atoms with Crippen molar-refractivity contribution in [2.24, 2.45) is 23.7 Å². The summed E-state index contributed by atoms with van der Waals surface area (Å²) in [5, 5.41) is 3.10. The maximum atomic E-state index is 12.2. The summed E-state index contributed by atoms with van der Waals surface area (Å²) in [6.45, 7) is 5.45. The maximum absolute atomic E-state index is 12.2. The van der Waals surface area contributed by atoms with Crippen LogP contribution in [0.25, 0.3) is 0 Å². The monoisotopic (exact) mass is 329 g/mol. The molecule has 3 atom stereocenters. The zero-order valence-corrected chi connectivity index (χ0v) is 14.2. The summed E-state index contributed by atoms with van der Waals surface area (Å²) in [5.41, 5.74) is 1.12. The van der Waals surface area contributed by atoms with Crippen molar-refractivity contribution in [3.05, 3.63) is 30.1 Å². The van der Waals surface area contributed by atoms with Crippen molar-refractivity contribution >= 4 is 5.91 Å². The summed E-state index contributed by atoms with van der Waals surface area (Å²) in [5.74, 6) is 2.44. The highest BCUT2D eigenvalue weighted by Crippen LogP contribution is 2.36. The van der Waals surface area contributed by atoms with Gasteiger partial charge in [-0.25, -0.2) is 0 Å². The van der Waals surface area contributed by atoms with Crippen LogP contribution in [-0.4, -0.2) is 48.6 Å². The number of pyridine rings is 1. The molecule has 1 amide bonds. The molecule has 1 aliphatic carbocycles. The molecule has 5 nitrogen and oxygen atoms in total. The predicted molar refractivity (Wildman–Crippen MR) is 91.2 cm³/mol. The zero-order valence-electron chi connectivity index (χ0n) is 14.2. The van der Waals surface area contributed by atoms with Gasteiger partial charge in [0.25, 0.3) is 0 Å². The molecule has 0 aromatic carbocycles. The maximum Gasteiger partial charge on any atom is 0.220 e. The Morgan fingerprint density at radius 1 is 1.29 bits per heavy atom. The zero-order chi connectivity index (χ0) is 16.4. The fourth-order valence-electron chi connectivity index (χ4n) is 4.14. The second-order valence-electron chi connectivity index (χ2n) is 7.69. The van der Waals surface area contributed by atoms with E-state index in [2.05, 4.69) is 21.3 Å². The summed E-state index contributed by atoms with van der Waals surface area (Å²) in [6.07, 6.45) is 5.03. The van der Waals surface area contributed by atoms with Crippen LogP contribution in [0.3, 0.4) is 0 Å². The SMILES string of the molecule is O=C(C[C@@H]1COC[C@H]2CN(Cc3ccccn3)C[C@@H]12)NCC1CC1. The molecular formula is C19H27N3O2. The van der Waals surface area contributed by atoms with Gasteiger partial charge in [-0.05, 0) is 48.6 Å². The van der Waals surface area contributed by atoms with Crippen molar-refractivity contribution in [3.63, 3.8) is 0 Å². The first-order valence-electron chi connectivity index (χ1n) is 9.24. The highest BCUT2D eigenvalue weighted by Gasteiger charge is 2.41. The standard InChI is InChI=1S/C19H27N3O2/c23-19(21-8-14-4-5-14)7-15-12-24-13-16-9-22(11-18(15)16)10-17-3-1-2-6-20-17/h1-3,6,14-16,18H,4-5,7-13H2,(H,21,23)/t15-,16-,18+/m1/s1. The smallest absolute Gasteiger partial charge is 0.220 e. The Labute approximate surface area is 143 Å². The van der Waals surface area contributed by atoms with Crippen molar-refractivity contribution in [1.82, 2.24) is 15.2 Å². The molecule has 5 heteroatoms. The van der Waals surface area contributed by atoms with E-state index in [1.54, 1.807) is 0 Å². The molecule has 1 aromatic heterocycles. The highest BCUT2D eigenvalue weighted by molar-refractivity contribution is 5.76. The van der Waals surface area contributed by atoms with Crippen molar-refractivity contribution < 1.29 is 9.53 Å². The molecule has 0 radical (unpaired) electrons. The van der Waals surface area contributed by atoms with Gasteiger partial charge in [0.1, 0.15) is 0 Å². The van der Waals surface area contributed by atoms with Gasteiger partial charge in [0, 0.05) is 38.8 Å². The first-order chi connectivity index (χ1) is 11.8. The number of amides is 1. The quantitative estimate of drug-likeness (QED) is 0.863. The average molecular weight is 329 g/mol. The van der Waals surface area contributed by atoms with Crippen molar-refractivity contribution in [1.29, 1.82) is 0 Å². The van der Waals surface area contributed by atoms with Gasteiger partial charge in [-0.3, -0.25) is 14.7 Å². The summed E-state index contributed by atoms with van der Waals surface area (Å²) in [7, 11) is 0. The van der Waals surface area contributed by atoms with Gasteiger partial charge in [-0.15, -0.1) is 0 Å². The molecule has 24 heavy (non-hydrogen) atoms. The van der Waals surface area contributed by atoms with Gasteiger partial charge >= 0.3 is 0 Å². The summed E-state index contributed by atoms with van der Waals surface area (Å²) in [6, 6.07) is 6.08. The number of ether oxygens (including phenoxy) is 1. The average Bonchev–Trinajstić information content (AvgIpc) is 3.33. The number of aromatic nitrogens is 1. The van der Waals surface area contributed by atoms with E-state index in [4.69, 9.17) is 4.74 Å². The summed E-state index contributed by atoms with van der Waals surface area (Å²) < 4.78 is 5.81. The molecule has 1 N–H and O–H groups in total. The molecule has 2 saturated heterocycles. The van der Waals surface area contributed by atoms with E-state index in [9.17, 15) is 4.79 Å². The number of hydrogen-bond acceptors (Lipinski definition) is 4. The molecule has 0 spiro atoms. The lowest BCUT2D eigenvalue weighted by Gasteiger charge is -2.32. The molecule has 3 heterocycles. The third-order valence-electron chi connectivity index (χ3n) is 5.68. The normalized spacial score (nSPS) is 30.1. The van der Waals surface area contributed by atoms with E-state index in [1.165, 1.54) is 12.8 Å². The number of nitrogens with zero attached hydrogens (tertiary/aromatic N) is 2. The molecule has 3 aliphatic rings. The lowest BCUT2D eigenvalue weighted by atomic mass is 9.81. The fraction of sp³-hybridized carbons (Fsp3) is 0.684. The van der Waals surface area contributed by atoms with E-state index >= 15 is 0 Å². The second-order valence-corrected chi connectivity index (χ2v) is 7.69. The number of hydrogen-bond donors (Lipinski definition) is 1. The van der Waals surface area contributed by atoms with Crippen LogP contribution >= 0.6 is 0 Å². The molecule has 3 fully saturated rings. The van der Waals surface area contributed by atoms with Crippen molar-refractivity contribution in [2.75, 3.05) is 32.8 Å². The minimum atomic E-state index is 0.208. The first-order valence-corrected chi connectivity index (χ1v) is 9.24. The van der Waals surface area contributed by atoms with E-state index in [-0.39, 0.29) is 5.91 Å². The third-order valence-corrected chi connectivity index (χ3v) is 5.68. The van der Waals surface area contributed by atoms with E-state index in [0.717, 1.165) is 51.0 Å². The van der Waals surface area contributed by atoms with Gasteiger partial charge in [-0.2, -0.15) is 0 Å². The van der Waals surface area contributed by atoms with Crippen LogP contribution in [0.15, 0.2) is 24.4 Å². The Kier molecular flexibility index (Phi) is 4.81. The van der Waals surface area contributed by atoms with Crippen LogP contribution in [0.2, 0.25) is 0 Å². The molecule has 1 aromatic rings. The molecule has 1 saturated carbocycles. The number of carbonyl (C=O) groups is 1. The molecular weight excluding hydrogens is 302 g/mol. The van der Waals surface area contributed by atoms with Crippen molar-refractivity contribution in [2.45, 2.75) is 25.8 Å². The Morgan fingerprint density at radius 3 is 3.00 bits per heavy atom. The second kappa shape index (κ2) is 7.19. The van der Waals surface area contributed by atoms with E-state index in [0.29, 0.717) is 24.2 Å². The van der Waals surface area contributed by atoms with E-state index < -0.39 is 0 Å². The summed E-state index contributed by atoms with van der Waals surface area (Å²) in [4.78, 5) is 19.1. The fourth-order valence-corrected chi connectivity index (χ4v) is 4.14. The molecule has 4 rings (SSSR count). The largest absolute Gasteiger partial charge is 0.381 e. The van der Waals surface area contributed by atoms with Gasteiger partial charge in [-0.1, -0.05) is 6.07 Å². The predicted octanol–water partition coefficient (Wildman–Crippen LogP) is 1.69. The number of likely N-dealkylation sites (tertiary alicyclic amines) is 1. The van der Waals surface area contributed by atoms with E-state index in [1.807, 2.05) is 18.3 Å². The summed E-state index contributed by atoms with van der Waals surface area (Å²) >= 11 is 0. The minimum absolute atomic E-state index is 0.208. The van der Waals surface area contributed by atoms with Crippen LogP contribution < -0.4 is 5.32 Å². The topological polar surface area (TPSA) is 54.5 Å². The molecule has 130 valence electrons. The lowest BCUT2D eigenvalue weighted by molar-refractivity contribution is -0.124. The number of nitrogens with one attached hydrogen (secondary N) is 1. The van der Waals surface area contributed by atoms with Gasteiger partial charge in [0.15, 0.2) is 0 Å². The van der Waals surface area contributed by atoms with Crippen LogP contribution in [0.5, 0.6) is 0 Å². The molecule has 0 bridgehead atoms. The number of fused-ring (bicyclic) bond motifs is 1. The van der Waals surface area contributed by atoms with Gasteiger partial charge < -0.3 is 10.1 Å². The van der Waals surface area contributed by atoms with Crippen molar-refractivity contribution in [3.8, 4) is 0 Å². The first kappa shape index (κ1) is 16.0. The Hall–Kier alpha value is -1.46. The highest BCUT2D eigenvalue weighted by atomic mass is 16.5. The Balaban J connectivity index is 1.31. The van der Waals surface area contributed by atoms with Crippen LogP contribution in [-0.2, 0) is 16.1 Å². The third kappa shape index (κ3) is 3.95. The number of rotatable bonds is 6. The lowest BCUT2D eigenvalue weighted by Crippen LogP contribution is -2.38.